The van der Waals surface area contributed by atoms with Crippen LogP contribution in [0.1, 0.15) is 69.4 Å². The van der Waals surface area contributed by atoms with Crippen LogP contribution in [-0.4, -0.2) is 71.3 Å². The molecule has 1 aromatic rings. The van der Waals surface area contributed by atoms with Gasteiger partial charge < -0.3 is 24.4 Å². The Labute approximate surface area is 244 Å². The number of benzene rings is 1. The molecule has 2 amide bonds. The molecule has 1 N–H and O–H groups in total. The number of ether oxygens (including phenoxy) is 2. The average molecular weight is 567 g/mol. The Bertz CT molecular complexity index is 1150. The first-order valence-corrected chi connectivity index (χ1v) is 15.1. The molecule has 0 aromatic heterocycles. The molecule has 224 valence electrons. The van der Waals surface area contributed by atoms with Gasteiger partial charge in [0.25, 0.3) is 5.91 Å². The van der Waals surface area contributed by atoms with Crippen molar-refractivity contribution in [3.8, 4) is 0 Å². The van der Waals surface area contributed by atoms with Crippen molar-refractivity contribution in [1.82, 2.24) is 4.90 Å². The van der Waals surface area contributed by atoms with Gasteiger partial charge in [0.2, 0.25) is 5.91 Å². The van der Waals surface area contributed by atoms with Crippen LogP contribution >= 0.6 is 0 Å². The van der Waals surface area contributed by atoms with Gasteiger partial charge in [-0.25, -0.2) is 0 Å². The van der Waals surface area contributed by atoms with Gasteiger partial charge in [-0.2, -0.15) is 0 Å². The summed E-state index contributed by atoms with van der Waals surface area (Å²) in [5.74, 6) is -2.42. The summed E-state index contributed by atoms with van der Waals surface area (Å²) in [4.78, 5) is 46.0. The maximum atomic E-state index is 14.7. The molecule has 3 aliphatic rings. The predicted molar refractivity (Wildman–Crippen MR) is 158 cm³/mol. The maximum Gasteiger partial charge on any atom is 0.312 e. The van der Waals surface area contributed by atoms with Gasteiger partial charge in [0.05, 0.1) is 18.1 Å². The van der Waals surface area contributed by atoms with Crippen LogP contribution in [-0.2, 0) is 23.9 Å². The number of aryl methyl sites for hydroxylation is 2. The number of fused-ring (bicyclic) bond motifs is 1. The first-order chi connectivity index (χ1) is 19.7. The van der Waals surface area contributed by atoms with E-state index in [0.29, 0.717) is 38.6 Å². The molecule has 8 heteroatoms. The maximum absolute atomic E-state index is 14.7. The van der Waals surface area contributed by atoms with Crippen molar-refractivity contribution in [3.05, 3.63) is 54.6 Å². The van der Waals surface area contributed by atoms with Gasteiger partial charge in [0, 0.05) is 25.4 Å². The smallest absolute Gasteiger partial charge is 0.312 e. The molecule has 1 aromatic carbocycles. The van der Waals surface area contributed by atoms with Crippen LogP contribution in [0, 0.1) is 25.7 Å². The molecule has 3 fully saturated rings. The lowest BCUT2D eigenvalue weighted by molar-refractivity contribution is -0.161. The fourth-order valence-electron chi connectivity index (χ4n) is 7.44. The number of allylic oxidation sites excluding steroid dienone is 1. The van der Waals surface area contributed by atoms with Crippen LogP contribution < -0.4 is 4.90 Å². The van der Waals surface area contributed by atoms with Crippen molar-refractivity contribution in [3.63, 3.8) is 0 Å². The van der Waals surface area contributed by atoms with Gasteiger partial charge in [-0.1, -0.05) is 37.3 Å². The highest BCUT2D eigenvalue weighted by Crippen LogP contribution is 2.64. The van der Waals surface area contributed by atoms with Crippen LogP contribution in [0.15, 0.2) is 43.5 Å². The number of carbonyl (C=O) groups is 3. The lowest BCUT2D eigenvalue weighted by atomic mass is 9.65. The largest absolute Gasteiger partial charge is 0.465 e. The second-order valence-electron chi connectivity index (χ2n) is 11.7. The van der Waals surface area contributed by atoms with Crippen molar-refractivity contribution in [1.29, 1.82) is 0 Å². The van der Waals surface area contributed by atoms with Crippen LogP contribution in [0.2, 0.25) is 0 Å². The van der Waals surface area contributed by atoms with Crippen LogP contribution in [0.5, 0.6) is 0 Å². The second-order valence-corrected chi connectivity index (χ2v) is 11.7. The van der Waals surface area contributed by atoms with Gasteiger partial charge in [-0.05, 0) is 76.3 Å². The van der Waals surface area contributed by atoms with Gasteiger partial charge >= 0.3 is 5.97 Å². The number of aliphatic hydroxyl groups is 1. The second kappa shape index (κ2) is 12.9. The molecule has 1 spiro atoms. The normalized spacial score (nSPS) is 28.0. The molecule has 41 heavy (non-hydrogen) atoms. The number of anilines is 1. The Balaban J connectivity index is 1.74. The Morgan fingerprint density at radius 3 is 2.51 bits per heavy atom. The number of para-hydroxylation sites is 1. The van der Waals surface area contributed by atoms with E-state index in [1.807, 2.05) is 45.0 Å². The summed E-state index contributed by atoms with van der Waals surface area (Å²) < 4.78 is 12.6. The number of nitrogens with zero attached hydrogens (tertiary/aromatic N) is 2. The lowest BCUT2D eigenvalue weighted by Gasteiger charge is -2.37. The van der Waals surface area contributed by atoms with Gasteiger partial charge in [0.15, 0.2) is 0 Å². The summed E-state index contributed by atoms with van der Waals surface area (Å²) in [7, 11) is 0. The first-order valence-electron chi connectivity index (χ1n) is 15.1. The molecule has 0 radical (unpaired) electrons. The summed E-state index contributed by atoms with van der Waals surface area (Å²) in [6, 6.07) is 5.00. The van der Waals surface area contributed by atoms with Crippen molar-refractivity contribution < 1.29 is 29.0 Å². The highest BCUT2D eigenvalue weighted by Gasteiger charge is 2.79. The third kappa shape index (κ3) is 5.37. The molecule has 0 saturated carbocycles. The third-order valence-electron chi connectivity index (χ3n) is 9.31. The molecule has 3 aliphatic heterocycles. The average Bonchev–Trinajstić information content (AvgIpc) is 3.55. The minimum Gasteiger partial charge on any atom is -0.465 e. The van der Waals surface area contributed by atoms with Gasteiger partial charge in [0.1, 0.15) is 17.6 Å². The molecule has 4 rings (SSSR count). The fraction of sp³-hybridized carbons (Fsp3) is 0.606. The fourth-order valence-corrected chi connectivity index (χ4v) is 7.44. The SMILES string of the molecule is C=CCCCCOC(=O)[C@H]1[C@H]2C(=O)N(CCCCO)C(C(=O)N(CC=C)c3c(C)cccc3C)C23CC[C@]1(CC)O3. The highest BCUT2D eigenvalue weighted by molar-refractivity contribution is 6.05. The number of hydrogen-bond donors (Lipinski definition) is 1. The lowest BCUT2D eigenvalue weighted by Crippen LogP contribution is -2.56. The Morgan fingerprint density at radius 1 is 1.15 bits per heavy atom. The quantitative estimate of drug-likeness (QED) is 0.189. The van der Waals surface area contributed by atoms with E-state index in [9.17, 15) is 19.5 Å². The number of aliphatic hydroxyl groups excluding tert-OH is 1. The summed E-state index contributed by atoms with van der Waals surface area (Å²) in [6.07, 6.45) is 8.67. The molecule has 5 atom stereocenters. The number of rotatable bonds is 15. The molecular formula is C33H46N2O6. The third-order valence-corrected chi connectivity index (χ3v) is 9.31. The van der Waals surface area contributed by atoms with Crippen LogP contribution in [0.4, 0.5) is 5.69 Å². The number of carbonyl (C=O) groups excluding carboxylic acids is 3. The van der Waals surface area contributed by atoms with Crippen molar-refractivity contribution >= 4 is 23.5 Å². The Kier molecular flexibility index (Phi) is 9.75. The summed E-state index contributed by atoms with van der Waals surface area (Å²) in [5, 5.41) is 9.45. The number of likely N-dealkylation sites (tertiary alicyclic amines) is 1. The zero-order chi connectivity index (χ0) is 29.8. The van der Waals surface area contributed by atoms with Crippen molar-refractivity contribution in [2.24, 2.45) is 11.8 Å². The monoisotopic (exact) mass is 566 g/mol. The van der Waals surface area contributed by atoms with E-state index >= 15 is 0 Å². The van der Waals surface area contributed by atoms with E-state index < -0.39 is 35.0 Å². The summed E-state index contributed by atoms with van der Waals surface area (Å²) >= 11 is 0. The Morgan fingerprint density at radius 2 is 1.88 bits per heavy atom. The molecule has 2 bridgehead atoms. The number of unbranched alkanes of at least 4 members (excludes halogenated alkanes) is 3. The molecule has 0 aliphatic carbocycles. The topological polar surface area (TPSA) is 96.4 Å². The van der Waals surface area contributed by atoms with Crippen molar-refractivity contribution in [2.75, 3.05) is 31.2 Å². The molecule has 8 nitrogen and oxygen atoms in total. The predicted octanol–water partition coefficient (Wildman–Crippen LogP) is 4.65. The highest BCUT2D eigenvalue weighted by atomic mass is 16.6. The summed E-state index contributed by atoms with van der Waals surface area (Å²) in [6.45, 7) is 14.4. The van der Waals surface area contributed by atoms with E-state index in [-0.39, 0.29) is 31.6 Å². The van der Waals surface area contributed by atoms with Crippen LogP contribution in [0.3, 0.4) is 0 Å². The molecular weight excluding hydrogens is 520 g/mol. The number of amides is 2. The van der Waals surface area contributed by atoms with Gasteiger partial charge in [-0.15, -0.1) is 13.2 Å². The zero-order valence-electron chi connectivity index (χ0n) is 24.9. The first kappa shape index (κ1) is 31.0. The molecule has 3 heterocycles. The van der Waals surface area contributed by atoms with Crippen molar-refractivity contribution in [2.45, 2.75) is 89.4 Å². The molecule has 3 saturated heterocycles. The number of esters is 1. The summed E-state index contributed by atoms with van der Waals surface area (Å²) in [5.41, 5.74) is 0.741. The van der Waals surface area contributed by atoms with E-state index in [2.05, 4.69) is 13.2 Å². The minimum absolute atomic E-state index is 0.00351. The standard InChI is InChI=1S/C33H46N2O6/c1-6-9-10-13-22-40-31(39)26-25-29(37)35(20-11-12-21-36)28(33(25)18-17-32(26,8-3)41-33)30(38)34(19-7-2)27-23(4)15-14-16-24(27)5/h6-7,14-16,25-26,28,36H,1-2,8-13,17-22H2,3-5H3/t25-,26+,28?,32-,33?/m0/s1. The molecule has 2 unspecified atom stereocenters. The van der Waals surface area contributed by atoms with Gasteiger partial charge in [-0.3, -0.25) is 14.4 Å². The number of hydrogen-bond acceptors (Lipinski definition) is 6. The van der Waals surface area contributed by atoms with E-state index in [1.165, 1.54) is 0 Å². The Hall–Kier alpha value is -2.97. The van der Waals surface area contributed by atoms with Crippen LogP contribution in [0.25, 0.3) is 0 Å². The minimum atomic E-state index is -1.12. The van der Waals surface area contributed by atoms with E-state index in [4.69, 9.17) is 9.47 Å². The zero-order valence-corrected chi connectivity index (χ0v) is 24.9. The van der Waals surface area contributed by atoms with E-state index in [1.54, 1.807) is 15.9 Å². The van der Waals surface area contributed by atoms with E-state index in [0.717, 1.165) is 36.1 Å².